The number of hydrogen-bond donors (Lipinski definition) is 2. The first-order valence-electron chi connectivity index (χ1n) is 13.0. The number of ether oxygens (including phenoxy) is 1. The van der Waals surface area contributed by atoms with Gasteiger partial charge in [-0.05, 0) is 54.7 Å². The van der Waals surface area contributed by atoms with E-state index in [1.54, 1.807) is 15.6 Å². The van der Waals surface area contributed by atoms with E-state index in [2.05, 4.69) is 9.94 Å². The van der Waals surface area contributed by atoms with E-state index in [0.717, 1.165) is 39.7 Å². The molecule has 200 valence electrons. The highest BCUT2D eigenvalue weighted by molar-refractivity contribution is 7.18. The average molecular weight is 546 g/mol. The lowest BCUT2D eigenvalue weighted by Crippen LogP contribution is -2.45. The molecule has 4 heterocycles. The Bertz CT molecular complexity index is 1590. The fourth-order valence-corrected chi connectivity index (χ4v) is 6.51. The van der Waals surface area contributed by atoms with Crippen molar-refractivity contribution in [2.24, 2.45) is 5.73 Å². The minimum atomic E-state index is -0.598. The van der Waals surface area contributed by atoms with Crippen LogP contribution in [0.5, 0.6) is 0 Å². The first kappa shape index (κ1) is 25.6. The molecule has 2 aliphatic heterocycles. The number of benzene rings is 2. The van der Waals surface area contributed by atoms with E-state index in [9.17, 15) is 14.3 Å². The van der Waals surface area contributed by atoms with Crippen molar-refractivity contribution >= 4 is 33.8 Å². The molecule has 0 spiro atoms. The number of piperidine rings is 1. The Morgan fingerprint density at radius 1 is 1.21 bits per heavy atom. The largest absolute Gasteiger partial charge is 0.391 e. The summed E-state index contributed by atoms with van der Waals surface area (Å²) in [7, 11) is 0. The lowest BCUT2D eigenvalue weighted by Gasteiger charge is -2.30. The molecule has 0 saturated carbocycles. The van der Waals surface area contributed by atoms with Gasteiger partial charge in [0.05, 0.1) is 29.7 Å². The zero-order chi connectivity index (χ0) is 27.1. The van der Waals surface area contributed by atoms with Crippen LogP contribution in [0.1, 0.15) is 35.0 Å². The Hall–Kier alpha value is -3.62. The Labute approximate surface area is 229 Å². The third kappa shape index (κ3) is 4.94. The predicted molar refractivity (Wildman–Crippen MR) is 148 cm³/mol. The van der Waals surface area contributed by atoms with Gasteiger partial charge in [-0.2, -0.15) is 5.10 Å². The zero-order valence-corrected chi connectivity index (χ0v) is 22.0. The Kier molecular flexibility index (Phi) is 6.91. The number of nitrogens with two attached hydrogens (primary N) is 1. The van der Waals surface area contributed by atoms with Gasteiger partial charge < -0.3 is 20.5 Å². The number of carbonyl (C=O) groups excluding carboxylic acids is 1. The summed E-state index contributed by atoms with van der Waals surface area (Å²) < 4.78 is 22.0. The van der Waals surface area contributed by atoms with Crippen LogP contribution in [-0.2, 0) is 4.74 Å². The fraction of sp³-hybridized carbons (Fsp3) is 0.345. The van der Waals surface area contributed by atoms with Crippen LogP contribution in [0.2, 0.25) is 0 Å². The SMILES string of the molecule is [C-]#[N+]c1ccc(-c2cc(C(=O)N3CCC[C@@H](N)C3)sc2-c2ccc3nn([C@H]4COCC[C@@H]4O)cc3c2)cc1F. The van der Waals surface area contributed by atoms with Crippen molar-refractivity contribution in [3.05, 3.63) is 70.8 Å². The maximum Gasteiger partial charge on any atom is 0.264 e. The van der Waals surface area contributed by atoms with Gasteiger partial charge in [0.1, 0.15) is 11.9 Å². The van der Waals surface area contributed by atoms with Crippen molar-refractivity contribution in [2.75, 3.05) is 26.3 Å². The second-order valence-electron chi connectivity index (χ2n) is 10.2. The minimum Gasteiger partial charge on any atom is -0.391 e. The van der Waals surface area contributed by atoms with Crippen molar-refractivity contribution < 1.29 is 19.0 Å². The Morgan fingerprint density at radius 3 is 2.82 bits per heavy atom. The number of carbonyl (C=O) groups is 1. The van der Waals surface area contributed by atoms with Crippen LogP contribution in [0.25, 0.3) is 37.3 Å². The van der Waals surface area contributed by atoms with Gasteiger partial charge in [0, 0.05) is 47.8 Å². The van der Waals surface area contributed by atoms with E-state index >= 15 is 0 Å². The fourth-order valence-electron chi connectivity index (χ4n) is 5.36. The van der Waals surface area contributed by atoms with Crippen LogP contribution >= 0.6 is 11.3 Å². The molecule has 2 aromatic heterocycles. The molecule has 3 atom stereocenters. The Balaban J connectivity index is 1.42. The summed E-state index contributed by atoms with van der Waals surface area (Å²) >= 11 is 1.37. The molecular formula is C29H28FN5O3S. The molecule has 6 rings (SSSR count). The van der Waals surface area contributed by atoms with Gasteiger partial charge in [-0.1, -0.05) is 18.2 Å². The van der Waals surface area contributed by atoms with Crippen LogP contribution in [0.4, 0.5) is 10.1 Å². The monoisotopic (exact) mass is 545 g/mol. The molecule has 10 heteroatoms. The van der Waals surface area contributed by atoms with Gasteiger partial charge in [0.15, 0.2) is 0 Å². The van der Waals surface area contributed by atoms with E-state index in [4.69, 9.17) is 17.0 Å². The van der Waals surface area contributed by atoms with Gasteiger partial charge in [0.2, 0.25) is 5.69 Å². The third-order valence-corrected chi connectivity index (χ3v) is 8.65. The molecule has 2 aliphatic rings. The quantitative estimate of drug-likeness (QED) is 0.352. The van der Waals surface area contributed by atoms with Gasteiger partial charge >= 0.3 is 0 Å². The lowest BCUT2D eigenvalue weighted by atomic mass is 10.0. The molecular weight excluding hydrogens is 517 g/mol. The highest BCUT2D eigenvalue weighted by atomic mass is 32.1. The highest BCUT2D eigenvalue weighted by Gasteiger charge is 2.28. The number of likely N-dealkylation sites (tertiary alicyclic amines) is 1. The number of thiophene rings is 1. The van der Waals surface area contributed by atoms with Crippen LogP contribution in [0, 0.1) is 12.4 Å². The number of aliphatic hydroxyl groups is 1. The number of fused-ring (bicyclic) bond motifs is 1. The number of aromatic nitrogens is 2. The molecule has 8 nitrogen and oxygen atoms in total. The molecule has 3 N–H and O–H groups in total. The molecule has 39 heavy (non-hydrogen) atoms. The molecule has 2 fully saturated rings. The summed E-state index contributed by atoms with van der Waals surface area (Å²) in [5.74, 6) is -0.680. The molecule has 0 radical (unpaired) electrons. The number of halogens is 1. The van der Waals surface area contributed by atoms with Crippen LogP contribution in [0.3, 0.4) is 0 Å². The number of nitrogens with zero attached hydrogens (tertiary/aromatic N) is 4. The average Bonchev–Trinajstić information content (AvgIpc) is 3.57. The summed E-state index contributed by atoms with van der Waals surface area (Å²) in [6, 6.07) is 11.9. The summed E-state index contributed by atoms with van der Waals surface area (Å²) in [4.78, 5) is 19.9. The number of rotatable bonds is 4. The van der Waals surface area contributed by atoms with Crippen LogP contribution in [-0.4, -0.2) is 64.1 Å². The minimum absolute atomic E-state index is 0.0381. The maximum atomic E-state index is 14.6. The van der Waals surface area contributed by atoms with E-state index < -0.39 is 11.9 Å². The van der Waals surface area contributed by atoms with Crippen molar-refractivity contribution in [1.29, 1.82) is 0 Å². The third-order valence-electron chi connectivity index (χ3n) is 7.48. The van der Waals surface area contributed by atoms with E-state index in [1.807, 2.05) is 30.5 Å². The second-order valence-corrected chi connectivity index (χ2v) is 11.2. The van der Waals surface area contributed by atoms with E-state index in [-0.39, 0.29) is 23.7 Å². The Morgan fingerprint density at radius 2 is 2.05 bits per heavy atom. The molecule has 0 aliphatic carbocycles. The molecule has 1 amide bonds. The highest BCUT2D eigenvalue weighted by Crippen LogP contribution is 2.42. The summed E-state index contributed by atoms with van der Waals surface area (Å²) in [5.41, 5.74) is 9.05. The molecule has 0 unspecified atom stereocenters. The van der Waals surface area contributed by atoms with Crippen molar-refractivity contribution in [3.8, 4) is 21.6 Å². The second kappa shape index (κ2) is 10.5. The number of hydrogen-bond acceptors (Lipinski definition) is 6. The maximum absolute atomic E-state index is 14.6. The van der Waals surface area contributed by atoms with Gasteiger partial charge in [-0.3, -0.25) is 9.48 Å². The van der Waals surface area contributed by atoms with E-state index in [1.165, 1.54) is 23.5 Å². The van der Waals surface area contributed by atoms with Crippen LogP contribution < -0.4 is 5.73 Å². The summed E-state index contributed by atoms with van der Waals surface area (Å²) in [6.45, 7) is 9.29. The predicted octanol–water partition coefficient (Wildman–Crippen LogP) is 5.01. The molecule has 4 aromatic rings. The standard InChI is InChI=1S/C29H28FN5O3S/c1-32-24-7-4-17(12-22(24)30)21-13-27(29(37)34-9-2-3-20(31)15-34)39-28(21)18-5-6-23-19(11-18)14-35(33-23)25-16-38-10-8-26(25)36/h4-7,11-14,20,25-26,36H,2-3,8-10,15-16,31H2/t20-,25+,26+/m1/s1. The molecule has 2 aromatic carbocycles. The smallest absolute Gasteiger partial charge is 0.264 e. The van der Waals surface area contributed by atoms with Crippen molar-refractivity contribution in [1.82, 2.24) is 14.7 Å². The number of aliphatic hydroxyl groups excluding tert-OH is 1. The molecule has 2 saturated heterocycles. The number of amides is 1. The first-order valence-corrected chi connectivity index (χ1v) is 13.8. The van der Waals surface area contributed by atoms with Crippen molar-refractivity contribution in [3.63, 3.8) is 0 Å². The van der Waals surface area contributed by atoms with Crippen LogP contribution in [0.15, 0.2) is 48.7 Å². The molecule has 0 bridgehead atoms. The zero-order valence-electron chi connectivity index (χ0n) is 21.2. The summed E-state index contributed by atoms with van der Waals surface area (Å²) in [6.07, 6.45) is 3.70. The van der Waals surface area contributed by atoms with Crippen molar-refractivity contribution in [2.45, 2.75) is 37.5 Å². The normalized spacial score (nSPS) is 21.7. The summed E-state index contributed by atoms with van der Waals surface area (Å²) in [5, 5.41) is 16.0. The van der Waals surface area contributed by atoms with E-state index in [0.29, 0.717) is 43.2 Å². The van der Waals surface area contributed by atoms with Gasteiger partial charge in [-0.15, -0.1) is 11.3 Å². The van der Waals surface area contributed by atoms with Gasteiger partial charge in [0.25, 0.3) is 5.91 Å². The lowest BCUT2D eigenvalue weighted by molar-refractivity contribution is -0.0327. The first-order chi connectivity index (χ1) is 18.9. The topological polar surface area (TPSA) is 98.0 Å². The van der Waals surface area contributed by atoms with Gasteiger partial charge in [-0.25, -0.2) is 9.24 Å².